The number of hydrogen-bond donors (Lipinski definition) is 1. The quantitative estimate of drug-likeness (QED) is 0.935. The third kappa shape index (κ3) is 3.14. The second-order valence-electron chi connectivity index (χ2n) is 5.51. The third-order valence-corrected chi connectivity index (χ3v) is 3.91. The molecular formula is C17H15F2N3O2. The van der Waals surface area contributed by atoms with Crippen molar-refractivity contribution in [2.45, 2.75) is 18.9 Å². The fraction of sp³-hybridized carbons (Fsp3) is 0.294. The average molecular weight is 331 g/mol. The molecule has 3 rings (SSSR count). The normalized spacial score (nSPS) is 15.0. The van der Waals surface area contributed by atoms with Crippen molar-refractivity contribution in [1.29, 1.82) is 5.26 Å². The summed E-state index contributed by atoms with van der Waals surface area (Å²) in [5.41, 5.74) is -1.11. The van der Waals surface area contributed by atoms with Gasteiger partial charge in [-0.05, 0) is 44.1 Å². The molecule has 1 fully saturated rings. The fourth-order valence-electron chi connectivity index (χ4n) is 2.69. The maximum atomic E-state index is 14.1. The highest BCUT2D eigenvalue weighted by molar-refractivity contribution is 5.50. The van der Waals surface area contributed by atoms with Gasteiger partial charge in [0.2, 0.25) is 0 Å². The molecule has 0 aliphatic carbocycles. The number of benzene rings is 1. The number of rotatable bonds is 3. The molecule has 1 saturated heterocycles. The highest BCUT2D eigenvalue weighted by atomic mass is 19.2. The maximum Gasteiger partial charge on any atom is 0.258 e. The lowest BCUT2D eigenvalue weighted by Gasteiger charge is -2.23. The van der Waals surface area contributed by atoms with Gasteiger partial charge in [0.25, 0.3) is 5.56 Å². The van der Waals surface area contributed by atoms with E-state index in [1.165, 1.54) is 18.3 Å². The minimum Gasteiger partial charge on any atom is -0.490 e. The number of pyridine rings is 1. The van der Waals surface area contributed by atoms with E-state index in [0.717, 1.165) is 42.6 Å². The van der Waals surface area contributed by atoms with Crippen LogP contribution in [0.3, 0.4) is 0 Å². The Morgan fingerprint density at radius 1 is 1.25 bits per heavy atom. The predicted molar refractivity (Wildman–Crippen MR) is 83.2 cm³/mol. The number of aromatic nitrogens is 1. The molecule has 1 aromatic carbocycles. The Balaban J connectivity index is 1.95. The number of hydrogen-bond acceptors (Lipinski definition) is 4. The van der Waals surface area contributed by atoms with Crippen LogP contribution in [-0.4, -0.2) is 23.8 Å². The predicted octanol–water partition coefficient (Wildman–Crippen LogP) is 2.12. The van der Waals surface area contributed by atoms with Crippen LogP contribution in [0.1, 0.15) is 18.4 Å². The zero-order valence-corrected chi connectivity index (χ0v) is 12.8. The molecular weight excluding hydrogens is 316 g/mol. The first kappa shape index (κ1) is 16.1. The molecule has 1 aliphatic rings. The molecule has 0 saturated carbocycles. The Labute approximate surface area is 137 Å². The van der Waals surface area contributed by atoms with Gasteiger partial charge >= 0.3 is 0 Å². The second-order valence-corrected chi connectivity index (χ2v) is 5.51. The summed E-state index contributed by atoms with van der Waals surface area (Å²) in [5.74, 6) is -1.98. The van der Waals surface area contributed by atoms with Crippen LogP contribution >= 0.6 is 0 Å². The molecule has 24 heavy (non-hydrogen) atoms. The van der Waals surface area contributed by atoms with E-state index in [4.69, 9.17) is 10.00 Å². The number of piperidine rings is 1. The summed E-state index contributed by atoms with van der Waals surface area (Å²) in [6, 6.07) is 6.49. The summed E-state index contributed by atoms with van der Waals surface area (Å²) in [7, 11) is 0. The number of ether oxygens (including phenoxy) is 1. The molecule has 5 nitrogen and oxygen atoms in total. The van der Waals surface area contributed by atoms with E-state index in [9.17, 15) is 13.6 Å². The van der Waals surface area contributed by atoms with Gasteiger partial charge in [-0.25, -0.2) is 8.78 Å². The first-order valence-electron chi connectivity index (χ1n) is 7.58. The number of nitriles is 1. The minimum atomic E-state index is -1.23. The monoisotopic (exact) mass is 331 g/mol. The largest absolute Gasteiger partial charge is 0.490 e. The van der Waals surface area contributed by atoms with Crippen LogP contribution in [0.2, 0.25) is 0 Å². The lowest BCUT2D eigenvalue weighted by Crippen LogP contribution is -2.34. The Morgan fingerprint density at radius 3 is 2.67 bits per heavy atom. The summed E-state index contributed by atoms with van der Waals surface area (Å²) in [6.45, 7) is 1.70. The van der Waals surface area contributed by atoms with Gasteiger partial charge in [-0.3, -0.25) is 9.36 Å². The molecule has 124 valence electrons. The van der Waals surface area contributed by atoms with E-state index in [1.54, 1.807) is 6.07 Å². The van der Waals surface area contributed by atoms with Crippen molar-refractivity contribution >= 4 is 0 Å². The Bertz CT molecular complexity index is 852. The standard InChI is InChI=1S/C17H15F2N3O2/c18-14-2-1-11(10-20)17(16(14)19)22-8-5-13(9-15(22)23)24-12-3-6-21-7-4-12/h1-2,5,8-9,12,21H,3-4,6-7H2. The van der Waals surface area contributed by atoms with Crippen LogP contribution in [0, 0.1) is 23.0 Å². The van der Waals surface area contributed by atoms with Crippen molar-refractivity contribution in [2.75, 3.05) is 13.1 Å². The first-order valence-corrected chi connectivity index (χ1v) is 7.58. The van der Waals surface area contributed by atoms with E-state index in [0.29, 0.717) is 5.75 Å². The smallest absolute Gasteiger partial charge is 0.258 e. The summed E-state index contributed by atoms with van der Waals surface area (Å²) in [6.07, 6.45) is 2.97. The molecule has 1 aliphatic heterocycles. The van der Waals surface area contributed by atoms with Gasteiger partial charge in [0.05, 0.1) is 5.56 Å². The van der Waals surface area contributed by atoms with Gasteiger partial charge in [-0.15, -0.1) is 0 Å². The van der Waals surface area contributed by atoms with Crippen LogP contribution in [0.25, 0.3) is 5.69 Å². The number of nitrogens with zero attached hydrogens (tertiary/aromatic N) is 2. The Morgan fingerprint density at radius 2 is 2.00 bits per heavy atom. The summed E-state index contributed by atoms with van der Waals surface area (Å²) >= 11 is 0. The highest BCUT2D eigenvalue weighted by Crippen LogP contribution is 2.21. The van der Waals surface area contributed by atoms with E-state index >= 15 is 0 Å². The molecule has 0 unspecified atom stereocenters. The van der Waals surface area contributed by atoms with Crippen LogP contribution in [0.15, 0.2) is 35.3 Å². The van der Waals surface area contributed by atoms with Crippen molar-refractivity contribution in [2.24, 2.45) is 0 Å². The summed E-state index contributed by atoms with van der Waals surface area (Å²) in [4.78, 5) is 12.3. The second kappa shape index (κ2) is 6.81. The molecule has 0 radical (unpaired) electrons. The van der Waals surface area contributed by atoms with Crippen molar-refractivity contribution in [3.05, 3.63) is 58.0 Å². The third-order valence-electron chi connectivity index (χ3n) is 3.91. The van der Waals surface area contributed by atoms with Gasteiger partial charge in [0, 0.05) is 12.3 Å². The summed E-state index contributed by atoms with van der Waals surface area (Å²) < 4.78 is 34.2. The summed E-state index contributed by atoms with van der Waals surface area (Å²) in [5, 5.41) is 12.3. The van der Waals surface area contributed by atoms with Crippen LogP contribution in [-0.2, 0) is 0 Å². The molecule has 0 atom stereocenters. The van der Waals surface area contributed by atoms with E-state index < -0.39 is 22.9 Å². The van der Waals surface area contributed by atoms with Gasteiger partial charge in [-0.2, -0.15) is 5.26 Å². The van der Waals surface area contributed by atoms with Crippen LogP contribution in [0.5, 0.6) is 5.75 Å². The fourth-order valence-corrected chi connectivity index (χ4v) is 2.69. The van der Waals surface area contributed by atoms with Crippen LogP contribution < -0.4 is 15.6 Å². The molecule has 7 heteroatoms. The zero-order valence-electron chi connectivity index (χ0n) is 12.8. The SMILES string of the molecule is N#Cc1ccc(F)c(F)c1-n1ccc(OC2CCNCC2)cc1=O. The molecule has 2 aromatic rings. The molecule has 1 N–H and O–H groups in total. The lowest BCUT2D eigenvalue weighted by molar-refractivity contribution is 0.162. The zero-order chi connectivity index (χ0) is 17.1. The van der Waals surface area contributed by atoms with Crippen LogP contribution in [0.4, 0.5) is 8.78 Å². The molecule has 0 bridgehead atoms. The lowest BCUT2D eigenvalue weighted by atomic mass is 10.1. The van der Waals surface area contributed by atoms with Crippen molar-refractivity contribution < 1.29 is 13.5 Å². The minimum absolute atomic E-state index is 0.0158. The van der Waals surface area contributed by atoms with Gasteiger partial charge in [0.15, 0.2) is 11.6 Å². The topological polar surface area (TPSA) is 67.1 Å². The number of nitrogens with one attached hydrogen (secondary N) is 1. The van der Waals surface area contributed by atoms with E-state index in [1.807, 2.05) is 0 Å². The van der Waals surface area contributed by atoms with Gasteiger partial charge in [-0.1, -0.05) is 0 Å². The van der Waals surface area contributed by atoms with Crippen molar-refractivity contribution in [3.63, 3.8) is 0 Å². The maximum absolute atomic E-state index is 14.1. The van der Waals surface area contributed by atoms with E-state index in [2.05, 4.69) is 5.32 Å². The highest BCUT2D eigenvalue weighted by Gasteiger charge is 2.18. The van der Waals surface area contributed by atoms with Gasteiger partial charge in [0.1, 0.15) is 23.6 Å². The Hall–Kier alpha value is -2.72. The molecule has 1 aromatic heterocycles. The number of halogens is 2. The molecule has 2 heterocycles. The molecule has 0 spiro atoms. The first-order chi connectivity index (χ1) is 11.6. The van der Waals surface area contributed by atoms with Gasteiger partial charge < -0.3 is 10.1 Å². The van der Waals surface area contributed by atoms with E-state index in [-0.39, 0.29) is 11.7 Å². The molecule has 0 amide bonds. The van der Waals surface area contributed by atoms with Crippen molar-refractivity contribution in [3.8, 4) is 17.5 Å². The van der Waals surface area contributed by atoms with Crippen molar-refractivity contribution in [1.82, 2.24) is 9.88 Å². The average Bonchev–Trinajstić information content (AvgIpc) is 2.59. The Kier molecular flexibility index (Phi) is 4.58.